The highest BCUT2D eigenvalue weighted by atomic mass is 35.5. The lowest BCUT2D eigenvalue weighted by molar-refractivity contribution is 0.626. The fourth-order valence-electron chi connectivity index (χ4n) is 0.870. The van der Waals surface area contributed by atoms with Gasteiger partial charge in [0.2, 0.25) is 0 Å². The van der Waals surface area contributed by atoms with Crippen molar-refractivity contribution in [1.82, 2.24) is 0 Å². The maximum Gasteiger partial charge on any atom is 0.158 e. The highest BCUT2D eigenvalue weighted by molar-refractivity contribution is 6.30. The molecule has 0 atom stereocenters. The van der Waals surface area contributed by atoms with Gasteiger partial charge in [-0.1, -0.05) is 17.7 Å². The third-order valence-electron chi connectivity index (χ3n) is 1.54. The average Bonchev–Trinajstić information content (AvgIpc) is 2.13. The Balaban J connectivity index is 3.13. The van der Waals surface area contributed by atoms with Crippen molar-refractivity contribution >= 4 is 11.6 Å². The van der Waals surface area contributed by atoms with Gasteiger partial charge in [-0.25, -0.2) is 4.39 Å². The molecule has 0 heterocycles. The molecule has 0 radical (unpaired) electrons. The zero-order valence-electron chi connectivity index (χ0n) is 6.46. The van der Waals surface area contributed by atoms with Gasteiger partial charge in [-0.2, -0.15) is 10.5 Å². The highest BCUT2D eigenvalue weighted by Gasteiger charge is 2.10. The van der Waals surface area contributed by atoms with Crippen molar-refractivity contribution in [3.63, 3.8) is 0 Å². The Bertz CT molecular complexity index is 389. The van der Waals surface area contributed by atoms with Crippen LogP contribution in [0, 0.1) is 28.5 Å². The number of rotatable bonds is 1. The number of benzene rings is 1. The summed E-state index contributed by atoms with van der Waals surface area (Å²) < 4.78 is 12.9. The molecule has 2 nitrogen and oxygen atoms in total. The molecule has 13 heavy (non-hydrogen) atoms. The smallest absolute Gasteiger partial charge is 0.158 e. The first-order chi connectivity index (χ1) is 6.19. The normalized spacial score (nSPS) is 9.31. The third kappa shape index (κ3) is 1.96. The van der Waals surface area contributed by atoms with Crippen molar-refractivity contribution in [3.05, 3.63) is 34.6 Å². The van der Waals surface area contributed by atoms with Gasteiger partial charge in [0.15, 0.2) is 5.92 Å². The monoisotopic (exact) mass is 194 g/mol. The number of hydrogen-bond acceptors (Lipinski definition) is 2. The lowest BCUT2D eigenvalue weighted by atomic mass is 10.0. The van der Waals surface area contributed by atoms with Crippen LogP contribution in [0.3, 0.4) is 0 Å². The van der Waals surface area contributed by atoms with Crippen LogP contribution < -0.4 is 0 Å². The molecule has 0 saturated heterocycles. The molecule has 0 amide bonds. The predicted octanol–water partition coefficient (Wildman–Crippen LogP) is 2.61. The Morgan fingerprint density at radius 3 is 2.38 bits per heavy atom. The summed E-state index contributed by atoms with van der Waals surface area (Å²) in [6.07, 6.45) is 0. The maximum atomic E-state index is 12.9. The Morgan fingerprint density at radius 1 is 1.31 bits per heavy atom. The van der Waals surface area contributed by atoms with Gasteiger partial charge in [-0.15, -0.1) is 0 Å². The summed E-state index contributed by atoms with van der Waals surface area (Å²) in [5, 5.41) is 17.0. The minimum Gasteiger partial charge on any atom is -0.205 e. The molecule has 0 unspecified atom stereocenters. The van der Waals surface area contributed by atoms with Crippen LogP contribution >= 0.6 is 11.6 Å². The van der Waals surface area contributed by atoms with Gasteiger partial charge in [-0.3, -0.25) is 0 Å². The van der Waals surface area contributed by atoms with E-state index in [1.165, 1.54) is 12.1 Å². The Morgan fingerprint density at radius 2 is 1.92 bits per heavy atom. The first-order valence-corrected chi connectivity index (χ1v) is 3.81. The van der Waals surface area contributed by atoms with Crippen LogP contribution in [0.4, 0.5) is 4.39 Å². The molecule has 1 aromatic rings. The first kappa shape index (κ1) is 9.51. The van der Waals surface area contributed by atoms with Crippen LogP contribution in [0.2, 0.25) is 5.02 Å². The van der Waals surface area contributed by atoms with Gasteiger partial charge in [-0.05, 0) is 17.7 Å². The van der Waals surface area contributed by atoms with E-state index >= 15 is 0 Å². The summed E-state index contributed by atoms with van der Waals surface area (Å²) in [7, 11) is 0. The maximum absolute atomic E-state index is 12.9. The average molecular weight is 195 g/mol. The second-order valence-electron chi connectivity index (χ2n) is 2.36. The molecule has 0 aliphatic rings. The van der Waals surface area contributed by atoms with Crippen molar-refractivity contribution in [2.75, 3.05) is 0 Å². The minimum atomic E-state index is -0.938. The van der Waals surface area contributed by atoms with Crippen LogP contribution in [0.5, 0.6) is 0 Å². The molecule has 1 rings (SSSR count). The fourth-order valence-corrected chi connectivity index (χ4v) is 0.987. The summed E-state index contributed by atoms with van der Waals surface area (Å²) in [6.45, 7) is 0. The first-order valence-electron chi connectivity index (χ1n) is 3.43. The molecule has 0 fully saturated rings. The van der Waals surface area contributed by atoms with Crippen LogP contribution in [-0.4, -0.2) is 0 Å². The standard InChI is InChI=1S/C9H4ClFN2/c10-8-2-1-6(3-9(8)11)7(4-12)5-13/h1-3,7H. The second-order valence-corrected chi connectivity index (χ2v) is 2.77. The number of halogens is 2. The summed E-state index contributed by atoms with van der Waals surface area (Å²) in [5.74, 6) is -1.55. The second kappa shape index (κ2) is 3.89. The van der Waals surface area contributed by atoms with Gasteiger partial charge in [0.1, 0.15) is 5.82 Å². The van der Waals surface area contributed by atoms with Crippen LogP contribution in [0.15, 0.2) is 18.2 Å². The molecular weight excluding hydrogens is 191 g/mol. The lowest BCUT2D eigenvalue weighted by Crippen LogP contribution is -1.92. The SMILES string of the molecule is N#CC(C#N)c1ccc(Cl)c(F)c1. The van der Waals surface area contributed by atoms with Crippen LogP contribution in [0.1, 0.15) is 11.5 Å². The zero-order chi connectivity index (χ0) is 9.84. The molecule has 0 spiro atoms. The van der Waals surface area contributed by atoms with Gasteiger partial charge >= 0.3 is 0 Å². The number of nitrogens with zero attached hydrogens (tertiary/aromatic N) is 2. The van der Waals surface area contributed by atoms with Gasteiger partial charge in [0, 0.05) is 0 Å². The lowest BCUT2D eigenvalue weighted by Gasteiger charge is -2.00. The van der Waals surface area contributed by atoms with E-state index in [4.69, 9.17) is 22.1 Å². The van der Waals surface area contributed by atoms with E-state index in [9.17, 15) is 4.39 Å². The highest BCUT2D eigenvalue weighted by Crippen LogP contribution is 2.20. The van der Waals surface area contributed by atoms with Crippen molar-refractivity contribution < 1.29 is 4.39 Å². The number of hydrogen-bond donors (Lipinski definition) is 0. The van der Waals surface area contributed by atoms with E-state index in [-0.39, 0.29) is 5.02 Å². The van der Waals surface area contributed by atoms with E-state index in [1.54, 1.807) is 12.1 Å². The van der Waals surface area contributed by atoms with E-state index in [0.29, 0.717) is 5.56 Å². The summed E-state index contributed by atoms with van der Waals surface area (Å²) >= 11 is 5.43. The van der Waals surface area contributed by atoms with Crippen molar-refractivity contribution in [3.8, 4) is 12.1 Å². The molecular formula is C9H4ClFN2. The third-order valence-corrected chi connectivity index (χ3v) is 1.84. The van der Waals surface area contributed by atoms with Gasteiger partial charge in [0.05, 0.1) is 17.2 Å². The van der Waals surface area contributed by atoms with E-state index in [1.807, 2.05) is 0 Å². The van der Waals surface area contributed by atoms with E-state index in [2.05, 4.69) is 0 Å². The van der Waals surface area contributed by atoms with Crippen molar-refractivity contribution in [2.45, 2.75) is 5.92 Å². The quantitative estimate of drug-likeness (QED) is 0.690. The molecule has 0 aliphatic heterocycles. The van der Waals surface area contributed by atoms with Crippen LogP contribution in [0.25, 0.3) is 0 Å². The van der Waals surface area contributed by atoms with Crippen molar-refractivity contribution in [2.24, 2.45) is 0 Å². The molecule has 0 N–H and O–H groups in total. The van der Waals surface area contributed by atoms with E-state index in [0.717, 1.165) is 6.07 Å². The number of nitriles is 2. The molecule has 0 aliphatic carbocycles. The topological polar surface area (TPSA) is 47.6 Å². The fraction of sp³-hybridized carbons (Fsp3) is 0.111. The van der Waals surface area contributed by atoms with Gasteiger partial charge < -0.3 is 0 Å². The Kier molecular flexibility index (Phi) is 2.84. The Hall–Kier alpha value is -1.58. The molecule has 64 valence electrons. The largest absolute Gasteiger partial charge is 0.205 e. The predicted molar refractivity (Wildman–Crippen MR) is 45.4 cm³/mol. The zero-order valence-corrected chi connectivity index (χ0v) is 7.22. The molecule has 0 aromatic heterocycles. The molecule has 0 saturated carbocycles. The Labute approximate surface area is 79.8 Å². The molecule has 4 heteroatoms. The summed E-state index contributed by atoms with van der Waals surface area (Å²) in [5.41, 5.74) is 0.326. The minimum absolute atomic E-state index is 0.0154. The molecule has 0 bridgehead atoms. The molecule has 1 aromatic carbocycles. The van der Waals surface area contributed by atoms with E-state index < -0.39 is 11.7 Å². The van der Waals surface area contributed by atoms with Crippen LogP contribution in [-0.2, 0) is 0 Å². The summed E-state index contributed by atoms with van der Waals surface area (Å²) in [6, 6.07) is 7.37. The van der Waals surface area contributed by atoms with Crippen molar-refractivity contribution in [1.29, 1.82) is 10.5 Å². The van der Waals surface area contributed by atoms with Gasteiger partial charge in [0.25, 0.3) is 0 Å². The summed E-state index contributed by atoms with van der Waals surface area (Å²) in [4.78, 5) is 0.